The Bertz CT molecular complexity index is 3130. The fraction of sp³-hybridized carbons (Fsp3) is 0.395. The van der Waals surface area contributed by atoms with E-state index in [2.05, 4.69) is 39.4 Å². The van der Waals surface area contributed by atoms with Crippen molar-refractivity contribution in [2.45, 2.75) is 57.3 Å². The highest BCUT2D eigenvalue weighted by atomic mass is 32.2. The molecule has 7 rings (SSSR count). The van der Waals surface area contributed by atoms with Gasteiger partial charge < -0.3 is 55.9 Å². The third-order valence-electron chi connectivity index (χ3n) is 10.7. The van der Waals surface area contributed by atoms with Gasteiger partial charge in [0.05, 0.1) is 36.0 Å². The number of nitrogens with two attached hydrogens (primary N) is 1. The van der Waals surface area contributed by atoms with Crippen LogP contribution >= 0.6 is 35.2 Å². The monoisotopic (exact) mass is 1040 g/mol. The van der Waals surface area contributed by atoms with Crippen LogP contribution in [0.4, 0.5) is 5.82 Å². The zero-order chi connectivity index (χ0) is 50.1. The highest BCUT2D eigenvalue weighted by molar-refractivity contribution is 8.13. The van der Waals surface area contributed by atoms with Crippen molar-refractivity contribution in [3.63, 3.8) is 0 Å². The van der Waals surface area contributed by atoms with Crippen LogP contribution in [-0.2, 0) is 57.1 Å². The summed E-state index contributed by atoms with van der Waals surface area (Å²) in [5, 5.41) is 27.8. The normalized spacial score (nSPS) is 20.0. The lowest BCUT2D eigenvalue weighted by Gasteiger charge is -2.30. The predicted octanol–water partition coefficient (Wildman–Crippen LogP) is 1.15. The number of aromatic nitrogens is 6. The van der Waals surface area contributed by atoms with Crippen LogP contribution in [0.3, 0.4) is 0 Å². The number of fused-ring (bicyclic) bond motifs is 6. The zero-order valence-electron chi connectivity index (χ0n) is 36.3. The van der Waals surface area contributed by atoms with E-state index in [-0.39, 0.29) is 59.3 Å². The summed E-state index contributed by atoms with van der Waals surface area (Å²) in [6.45, 7) is 0.274. The maximum atomic E-state index is 13.1. The molecule has 1 saturated heterocycles. The number of nitrogens with zero attached hydrogens (tertiary/aromatic N) is 5. The van der Waals surface area contributed by atoms with Crippen molar-refractivity contribution in [2.24, 2.45) is 5.41 Å². The molecule has 4 aromatic heterocycles. The molecule has 0 saturated carbocycles. The number of para-hydroxylation sites is 2. The van der Waals surface area contributed by atoms with Gasteiger partial charge in [-0.05, 0) is 18.2 Å². The largest absolute Gasteiger partial charge is 0.481 e. The number of phosphoric ester groups is 3. The Labute approximate surface area is 393 Å². The Morgan fingerprint density at radius 2 is 1.62 bits per heavy atom. The van der Waals surface area contributed by atoms with Crippen LogP contribution in [0.15, 0.2) is 66.0 Å². The summed E-state index contributed by atoms with van der Waals surface area (Å²) in [7, 11) is -16.5. The number of nitrogens with one attached hydrogen (secondary N) is 3. The third-order valence-corrected chi connectivity index (χ3v) is 14.7. The first-order valence-electron chi connectivity index (χ1n) is 20.5. The molecule has 372 valence electrons. The van der Waals surface area contributed by atoms with Gasteiger partial charge in [-0.2, -0.15) is 4.31 Å². The average molecular weight is 1040 g/mol. The van der Waals surface area contributed by atoms with Crippen LogP contribution in [0, 0.1) is 5.41 Å². The Morgan fingerprint density at radius 3 is 2.33 bits per heavy atom. The second-order valence-electron chi connectivity index (χ2n) is 16.1. The van der Waals surface area contributed by atoms with E-state index in [4.69, 9.17) is 19.5 Å². The van der Waals surface area contributed by atoms with Crippen LogP contribution < -0.4 is 21.9 Å². The van der Waals surface area contributed by atoms with Crippen molar-refractivity contribution in [3.8, 4) is 0 Å². The Hall–Kier alpha value is -4.99. The van der Waals surface area contributed by atoms with E-state index in [1.54, 1.807) is 12.1 Å². The number of hydrogen-bond donors (Lipinski definition) is 10. The molecule has 1 fully saturated rings. The third kappa shape index (κ3) is 12.1. The quantitative estimate of drug-likeness (QED) is 0.0357. The SMILES string of the molecule is CC(C)(COP(=O)(O)OP(=O)(O)OCC1OC(n2cnc3c(N)ncnc32)C(O)C1OP(=O)(O)O)C(O)C(=O)NCCC(=O)NCCSC(=O)Cc1c2ccccc2n2c1[nH]c(=O)c1ccccc12. The smallest absolute Gasteiger partial charge is 0.386 e. The summed E-state index contributed by atoms with van der Waals surface area (Å²) < 4.78 is 64.5. The molecule has 1 aliphatic rings. The molecule has 5 heterocycles. The standard InChI is InChI=1S/C38H46N9O18P3S/c1-38(2,17-62-68(59,60)65-67(57,58)61-16-25-30(64-66(54,55)56)29(50)37(63-25)46-19-44-28-32(39)42-18-43-34(28)46)31(51)36(53)41-12-11-26(48)40-13-14-69-27(49)15-22-20-7-3-5-9-23(20)47-24-10-6-4-8-21(24)35(52)45-33(22)47/h3-10,18-19,25,29-31,37,50-51H,11-17H2,1-2H3,(H,40,48)(H,41,53)(H,45,52)(H,57,58)(H,59,60)(H2,39,42,43)(H2,54,55,56). The maximum absolute atomic E-state index is 13.1. The van der Waals surface area contributed by atoms with Gasteiger partial charge in [0.25, 0.3) is 5.56 Å². The maximum Gasteiger partial charge on any atom is 0.481 e. The summed E-state index contributed by atoms with van der Waals surface area (Å²) in [6.07, 6.45) is -7.09. The average Bonchev–Trinajstić information content (AvgIpc) is 3.94. The van der Waals surface area contributed by atoms with Crippen LogP contribution in [0.1, 0.15) is 32.1 Å². The minimum Gasteiger partial charge on any atom is -0.386 e. The van der Waals surface area contributed by atoms with Crippen molar-refractivity contribution in [3.05, 3.63) is 77.1 Å². The molecule has 2 aromatic carbocycles. The first-order chi connectivity index (χ1) is 32.4. The van der Waals surface area contributed by atoms with E-state index in [0.29, 0.717) is 22.1 Å². The number of phosphoric acid groups is 3. The number of aliphatic hydroxyl groups is 2. The Morgan fingerprint density at radius 1 is 0.957 bits per heavy atom. The van der Waals surface area contributed by atoms with Gasteiger partial charge in [0.2, 0.25) is 11.8 Å². The topological polar surface area (TPSA) is 401 Å². The number of anilines is 1. The van der Waals surface area contributed by atoms with Gasteiger partial charge in [-0.15, -0.1) is 0 Å². The first kappa shape index (κ1) is 51.8. The highest BCUT2D eigenvalue weighted by Crippen LogP contribution is 2.61. The molecule has 7 unspecified atom stereocenters. The van der Waals surface area contributed by atoms with E-state index >= 15 is 0 Å². The summed E-state index contributed by atoms with van der Waals surface area (Å²) in [4.78, 5) is 105. The van der Waals surface area contributed by atoms with Gasteiger partial charge in [0.1, 0.15) is 41.9 Å². The van der Waals surface area contributed by atoms with Crippen LogP contribution in [-0.4, -0.2) is 132 Å². The zero-order valence-corrected chi connectivity index (χ0v) is 39.8. The fourth-order valence-electron chi connectivity index (χ4n) is 7.39. The van der Waals surface area contributed by atoms with Crippen LogP contribution in [0.25, 0.3) is 38.6 Å². The van der Waals surface area contributed by atoms with Gasteiger partial charge in [-0.3, -0.25) is 41.7 Å². The van der Waals surface area contributed by atoms with Gasteiger partial charge in [0.15, 0.2) is 22.8 Å². The van der Waals surface area contributed by atoms with Gasteiger partial charge in [-0.1, -0.05) is 55.9 Å². The van der Waals surface area contributed by atoms with E-state index in [1.165, 1.54) is 13.8 Å². The molecule has 7 atom stereocenters. The number of amides is 2. The van der Waals surface area contributed by atoms with Crippen molar-refractivity contribution in [2.75, 3.05) is 37.8 Å². The van der Waals surface area contributed by atoms with Gasteiger partial charge in [-0.25, -0.2) is 28.6 Å². The number of aliphatic hydroxyl groups excluding tert-OH is 2. The van der Waals surface area contributed by atoms with E-state index in [1.807, 2.05) is 40.8 Å². The lowest BCUT2D eigenvalue weighted by atomic mass is 9.87. The molecule has 27 nitrogen and oxygen atoms in total. The number of thioether (sulfide) groups is 1. The number of aromatic amines is 1. The minimum absolute atomic E-state index is 0.00575. The molecule has 69 heavy (non-hydrogen) atoms. The minimum atomic E-state index is -5.61. The molecular weight excluding hydrogens is 995 g/mol. The molecule has 1 aliphatic heterocycles. The summed E-state index contributed by atoms with van der Waals surface area (Å²) in [5.74, 6) is -1.33. The van der Waals surface area contributed by atoms with Gasteiger partial charge in [0, 0.05) is 48.0 Å². The number of benzene rings is 2. The molecule has 2 amide bonds. The second-order valence-corrected chi connectivity index (χ2v) is 21.5. The number of hydrogen-bond acceptors (Lipinski definition) is 19. The molecule has 0 bridgehead atoms. The molecule has 31 heteroatoms. The Kier molecular flexibility index (Phi) is 15.6. The van der Waals surface area contributed by atoms with Crippen molar-refractivity contribution >= 4 is 96.6 Å². The lowest BCUT2D eigenvalue weighted by Crippen LogP contribution is -2.46. The predicted molar refractivity (Wildman–Crippen MR) is 244 cm³/mol. The molecule has 11 N–H and O–H groups in total. The molecular formula is C38H46N9O18P3S. The van der Waals surface area contributed by atoms with Crippen molar-refractivity contribution < 1.29 is 80.5 Å². The van der Waals surface area contributed by atoms with E-state index < -0.39 is 84.6 Å². The molecule has 6 aromatic rings. The number of imidazole rings is 1. The summed E-state index contributed by atoms with van der Waals surface area (Å²) in [6, 6.07) is 14.7. The number of rotatable bonds is 21. The summed E-state index contributed by atoms with van der Waals surface area (Å²) >= 11 is 0.992. The summed E-state index contributed by atoms with van der Waals surface area (Å²) in [5.41, 5.74) is 6.64. The van der Waals surface area contributed by atoms with E-state index in [9.17, 15) is 62.7 Å². The number of ether oxygens (including phenoxy) is 1. The Balaban J connectivity index is 0.834. The molecule has 0 radical (unpaired) electrons. The fourth-order valence-corrected chi connectivity index (χ4v) is 10.9. The number of nitrogen functional groups attached to an aromatic ring is 1. The second kappa shape index (κ2) is 20.8. The van der Waals surface area contributed by atoms with Crippen molar-refractivity contribution in [1.82, 2.24) is 39.5 Å². The van der Waals surface area contributed by atoms with Gasteiger partial charge >= 0.3 is 23.5 Å². The lowest BCUT2D eigenvalue weighted by molar-refractivity contribution is -0.137. The number of carbonyl (C=O) groups is 3. The van der Waals surface area contributed by atoms with Crippen LogP contribution in [0.2, 0.25) is 0 Å². The van der Waals surface area contributed by atoms with Crippen LogP contribution in [0.5, 0.6) is 0 Å². The first-order valence-corrected chi connectivity index (χ1v) is 26.0. The number of H-pyrrole nitrogens is 1. The molecule has 0 aliphatic carbocycles. The van der Waals surface area contributed by atoms with E-state index in [0.717, 1.165) is 39.9 Å². The number of carbonyl (C=O) groups excluding carboxylic acids is 3. The van der Waals surface area contributed by atoms with Crippen molar-refractivity contribution in [1.29, 1.82) is 0 Å². The molecule has 0 spiro atoms. The highest BCUT2D eigenvalue weighted by Gasteiger charge is 2.50.